The summed E-state index contributed by atoms with van der Waals surface area (Å²) in [7, 11) is 0. The minimum absolute atomic E-state index is 0.0124. The van der Waals surface area contributed by atoms with Crippen LogP contribution in [0.3, 0.4) is 0 Å². The van der Waals surface area contributed by atoms with Crippen LogP contribution in [0, 0.1) is 30.0 Å². The number of rotatable bonds is 8. The molecule has 2 aliphatic rings. The zero-order chi connectivity index (χ0) is 32.0. The summed E-state index contributed by atoms with van der Waals surface area (Å²) in [5.74, 6) is 6.07. The van der Waals surface area contributed by atoms with Crippen molar-refractivity contribution in [3.05, 3.63) is 64.2 Å². The van der Waals surface area contributed by atoms with Crippen LogP contribution in [0.15, 0.2) is 41.3 Å². The van der Waals surface area contributed by atoms with E-state index >= 15 is 0 Å². The molecule has 45 heavy (non-hydrogen) atoms. The van der Waals surface area contributed by atoms with E-state index < -0.39 is 29.2 Å². The molecule has 230 valence electrons. The van der Waals surface area contributed by atoms with Crippen molar-refractivity contribution in [3.63, 3.8) is 0 Å². The van der Waals surface area contributed by atoms with Gasteiger partial charge < -0.3 is 10.2 Å². The Balaban J connectivity index is 1.32. The van der Waals surface area contributed by atoms with E-state index in [1.807, 2.05) is 31.4 Å². The number of hydrogen-bond acceptors (Lipinski definition) is 8. The maximum atomic E-state index is 14.3. The van der Waals surface area contributed by atoms with Crippen molar-refractivity contribution < 1.29 is 18.8 Å². The van der Waals surface area contributed by atoms with E-state index in [4.69, 9.17) is 0 Å². The minimum Gasteiger partial charge on any atom is -0.315 e. The molecule has 6 rings (SSSR count). The lowest BCUT2D eigenvalue weighted by Crippen LogP contribution is -2.48. The standard InChI is InChI=1S/C32H29BrFN7O3S/c1-17(42)28-22-10-19(21-13-35-18(2)36-14-21)7-8-24(22)40(39-28)15-27(43)41-25(12-32(3)9-5-6-26(32)41)31(44)38-30-20(16-45-4)11-23(34)29(33)37-30/h7-8,10-11,13-14,25-26H,9,12,15-16H2,1-4H3,(H,37,38,44)/t25-,26+,32+/m0/s1. The first kappa shape index (κ1) is 30.9. The van der Waals surface area contributed by atoms with Gasteiger partial charge in [-0.2, -0.15) is 16.9 Å². The van der Waals surface area contributed by atoms with Gasteiger partial charge >= 0.3 is 0 Å². The highest BCUT2D eigenvalue weighted by Crippen LogP contribution is 2.46. The minimum atomic E-state index is -0.836. The van der Waals surface area contributed by atoms with Crippen LogP contribution >= 0.6 is 27.7 Å². The number of benzene rings is 1. The quantitative estimate of drug-likeness (QED) is 0.152. The Labute approximate surface area is 271 Å². The first-order chi connectivity index (χ1) is 21.5. The summed E-state index contributed by atoms with van der Waals surface area (Å²) in [6.45, 7) is 5.05. The molecule has 4 aromatic rings. The number of pyridine rings is 1. The van der Waals surface area contributed by atoms with Gasteiger partial charge in [-0.05, 0) is 59.3 Å². The number of anilines is 1. The van der Waals surface area contributed by atoms with E-state index in [-0.39, 0.29) is 34.4 Å². The highest BCUT2D eigenvalue weighted by molar-refractivity contribution is 9.10. The lowest BCUT2D eigenvalue weighted by atomic mass is 9.82. The second-order valence-corrected chi connectivity index (χ2v) is 13.2. The highest BCUT2D eigenvalue weighted by atomic mass is 79.9. The van der Waals surface area contributed by atoms with Crippen molar-refractivity contribution in [2.45, 2.75) is 58.0 Å². The number of nitrogens with one attached hydrogen (secondary N) is 1. The van der Waals surface area contributed by atoms with Crippen molar-refractivity contribution in [1.29, 1.82) is 0 Å². The van der Waals surface area contributed by atoms with Crippen LogP contribution in [0.5, 0.6) is 0 Å². The summed E-state index contributed by atoms with van der Waals surface area (Å²) in [6, 6.07) is 5.57. The summed E-state index contributed by atoms with van der Waals surface area (Å²) in [6.07, 6.45) is 6.24. The number of carbonyl (C=O) groups is 3. The zero-order valence-electron chi connectivity index (χ0n) is 25.0. The third kappa shape index (κ3) is 5.73. The lowest BCUT2D eigenvalue weighted by molar-refractivity contribution is -0.138. The third-order valence-corrected chi connectivity index (χ3v) is 9.45. The second kappa shape index (κ2) is 12.0. The molecule has 0 radical (unpaired) electrons. The van der Waals surface area contributed by atoms with E-state index in [1.54, 1.807) is 24.2 Å². The number of thioether (sulfide) groups is 1. The van der Waals surface area contributed by atoms with Crippen molar-refractivity contribution in [1.82, 2.24) is 29.6 Å². The number of ketones is 1. The molecule has 1 fully saturated rings. The smallest absolute Gasteiger partial charge is 0.248 e. The summed E-state index contributed by atoms with van der Waals surface area (Å²) >= 11 is 4.58. The van der Waals surface area contributed by atoms with Gasteiger partial charge in [0, 0.05) is 53.4 Å². The Morgan fingerprint density at radius 2 is 1.96 bits per heavy atom. The van der Waals surface area contributed by atoms with Crippen LogP contribution in [0.4, 0.5) is 10.2 Å². The molecule has 1 aromatic carbocycles. The monoisotopic (exact) mass is 689 g/mol. The molecule has 0 bridgehead atoms. The number of hydrogen-bond donors (Lipinski definition) is 1. The van der Waals surface area contributed by atoms with Gasteiger partial charge in [0.15, 0.2) is 11.6 Å². The molecular formula is C32H29BrFN7O3S. The van der Waals surface area contributed by atoms with Gasteiger partial charge in [0.2, 0.25) is 11.8 Å². The number of fused-ring (bicyclic) bond motifs is 2. The van der Waals surface area contributed by atoms with Gasteiger partial charge in [-0.25, -0.2) is 19.3 Å². The first-order valence-corrected chi connectivity index (χ1v) is 16.4. The Hall–Kier alpha value is -4.15. The molecule has 4 heterocycles. The number of nitrogens with zero attached hydrogens (tertiary/aromatic N) is 6. The van der Waals surface area contributed by atoms with Crippen LogP contribution < -0.4 is 5.32 Å². The van der Waals surface area contributed by atoms with Crippen molar-refractivity contribution >= 4 is 62.0 Å². The average Bonchev–Trinajstić information content (AvgIpc) is 3.64. The molecule has 10 nitrogen and oxygen atoms in total. The van der Waals surface area contributed by atoms with Crippen LogP contribution in [0.1, 0.15) is 48.6 Å². The van der Waals surface area contributed by atoms with Crippen LogP contribution in [0.25, 0.3) is 22.0 Å². The lowest BCUT2D eigenvalue weighted by Gasteiger charge is -2.29. The first-order valence-electron chi connectivity index (χ1n) is 14.2. The summed E-state index contributed by atoms with van der Waals surface area (Å²) < 4.78 is 15.7. The van der Waals surface area contributed by atoms with E-state index in [1.165, 1.54) is 29.4 Å². The van der Waals surface area contributed by atoms with Gasteiger partial charge in [-0.3, -0.25) is 19.1 Å². The fourth-order valence-electron chi connectivity index (χ4n) is 6.04. The SMILES string of the molecule is CSCc1cc(F)c(Br)nc1NC(=O)[C@@H]1C[C@@]2(C)CC#C[C@H]2N1C(=O)Cn1nc(C(C)=O)c2cc(-c3cnc(C)nc3)ccc21. The van der Waals surface area contributed by atoms with E-state index in [2.05, 4.69) is 53.1 Å². The Morgan fingerprint density at radius 3 is 2.67 bits per heavy atom. The van der Waals surface area contributed by atoms with E-state index in [0.717, 1.165) is 11.1 Å². The molecule has 3 aromatic heterocycles. The molecule has 0 unspecified atom stereocenters. The van der Waals surface area contributed by atoms with E-state index in [9.17, 15) is 18.8 Å². The molecule has 1 N–H and O–H groups in total. The number of amides is 2. The van der Waals surface area contributed by atoms with Crippen molar-refractivity contribution in [2.75, 3.05) is 11.6 Å². The Kier molecular flexibility index (Phi) is 8.22. The molecule has 0 spiro atoms. The highest BCUT2D eigenvalue weighted by Gasteiger charge is 2.54. The average molecular weight is 691 g/mol. The van der Waals surface area contributed by atoms with Crippen molar-refractivity contribution in [3.8, 4) is 23.0 Å². The van der Waals surface area contributed by atoms with Crippen LogP contribution in [-0.4, -0.2) is 65.6 Å². The number of aryl methyl sites for hydroxylation is 1. The predicted octanol–water partition coefficient (Wildman–Crippen LogP) is 5.19. The van der Waals surface area contributed by atoms with Crippen molar-refractivity contribution in [2.24, 2.45) is 5.41 Å². The molecule has 13 heteroatoms. The zero-order valence-corrected chi connectivity index (χ0v) is 27.4. The number of carbonyl (C=O) groups excluding carboxylic acids is 3. The molecule has 0 saturated carbocycles. The molecule has 3 atom stereocenters. The van der Waals surface area contributed by atoms with Gasteiger partial charge in [0.25, 0.3) is 0 Å². The Morgan fingerprint density at radius 1 is 1.20 bits per heavy atom. The number of likely N-dealkylation sites (tertiary alicyclic amines) is 1. The summed E-state index contributed by atoms with van der Waals surface area (Å²) in [4.78, 5) is 54.9. The normalized spacial score (nSPS) is 20.2. The van der Waals surface area contributed by atoms with Crippen LogP contribution in [0.2, 0.25) is 0 Å². The fourth-order valence-corrected chi connectivity index (χ4v) is 6.86. The maximum Gasteiger partial charge on any atom is 0.248 e. The van der Waals surface area contributed by atoms with Crippen LogP contribution in [-0.2, 0) is 21.9 Å². The number of aromatic nitrogens is 5. The van der Waals surface area contributed by atoms with Gasteiger partial charge in [0.05, 0.1) is 5.52 Å². The fraction of sp³-hybridized carbons (Fsp3) is 0.344. The van der Waals surface area contributed by atoms with Gasteiger partial charge in [-0.1, -0.05) is 18.9 Å². The van der Waals surface area contributed by atoms with Gasteiger partial charge in [0.1, 0.15) is 40.6 Å². The topological polar surface area (TPSA) is 123 Å². The summed E-state index contributed by atoms with van der Waals surface area (Å²) in [5.41, 5.74) is 2.55. The molecule has 2 amide bonds. The van der Waals surface area contributed by atoms with Gasteiger partial charge in [-0.15, -0.1) is 5.92 Å². The summed E-state index contributed by atoms with van der Waals surface area (Å²) in [5, 5.41) is 7.99. The molecule has 1 saturated heterocycles. The van der Waals surface area contributed by atoms with E-state index in [0.29, 0.717) is 40.9 Å². The molecule has 1 aliphatic heterocycles. The number of Topliss-reactive ketones (excluding diaryl/α,β-unsaturated/α-hetero) is 1. The molecule has 1 aliphatic carbocycles. The molecular weight excluding hydrogens is 661 g/mol. The number of halogens is 2. The predicted molar refractivity (Wildman–Crippen MR) is 173 cm³/mol. The Bertz CT molecular complexity index is 1940. The second-order valence-electron chi connectivity index (χ2n) is 11.6. The third-order valence-electron chi connectivity index (χ3n) is 8.29. The maximum absolute atomic E-state index is 14.3. The largest absolute Gasteiger partial charge is 0.315 e.